The van der Waals surface area contributed by atoms with E-state index in [9.17, 15) is 13.0 Å². The van der Waals surface area contributed by atoms with Gasteiger partial charge < -0.3 is 5.32 Å². The first-order valence-corrected chi connectivity index (χ1v) is 6.97. The zero-order valence-corrected chi connectivity index (χ0v) is 10.8. The normalized spacial score (nSPS) is 14.6. The van der Waals surface area contributed by atoms with E-state index in [2.05, 4.69) is 5.32 Å². The lowest BCUT2D eigenvalue weighted by molar-refractivity contribution is 0.505. The number of hydrogen-bond donors (Lipinski definition) is 1. The molecule has 1 aromatic carbocycles. The van der Waals surface area contributed by atoms with E-state index in [0.29, 0.717) is 10.6 Å². The molecule has 1 aromatic rings. The fourth-order valence-electron chi connectivity index (χ4n) is 1.51. The van der Waals surface area contributed by atoms with E-state index in [0.717, 1.165) is 25.1 Å². The molecule has 0 saturated heterocycles. The Morgan fingerprint density at radius 2 is 2.00 bits per heavy atom. The molecule has 0 fully saturated rings. The van der Waals surface area contributed by atoms with Crippen molar-refractivity contribution in [1.29, 1.82) is 0 Å². The SMILES string of the molecule is CCNC(CC)CS(=O)c1ccc(F)c(F)c1. The van der Waals surface area contributed by atoms with E-state index in [1.165, 1.54) is 6.07 Å². The van der Waals surface area contributed by atoms with E-state index in [-0.39, 0.29) is 6.04 Å². The zero-order chi connectivity index (χ0) is 12.8. The van der Waals surface area contributed by atoms with Gasteiger partial charge in [-0.1, -0.05) is 13.8 Å². The average molecular weight is 261 g/mol. The van der Waals surface area contributed by atoms with E-state index >= 15 is 0 Å². The fraction of sp³-hybridized carbons (Fsp3) is 0.500. The molecule has 0 bridgehead atoms. The van der Waals surface area contributed by atoms with Gasteiger partial charge in [0.05, 0.1) is 10.8 Å². The minimum Gasteiger partial charge on any atom is -0.313 e. The molecule has 96 valence electrons. The summed E-state index contributed by atoms with van der Waals surface area (Å²) in [5.41, 5.74) is 0. The van der Waals surface area contributed by atoms with Gasteiger partial charge in [0.2, 0.25) is 0 Å². The maximum atomic E-state index is 13.0. The second-order valence-electron chi connectivity index (χ2n) is 3.75. The van der Waals surface area contributed by atoms with Crippen LogP contribution in [-0.2, 0) is 10.8 Å². The summed E-state index contributed by atoms with van der Waals surface area (Å²) in [6.45, 7) is 4.77. The molecule has 0 aliphatic rings. The van der Waals surface area contributed by atoms with Gasteiger partial charge in [-0.15, -0.1) is 0 Å². The highest BCUT2D eigenvalue weighted by atomic mass is 32.2. The number of hydrogen-bond acceptors (Lipinski definition) is 2. The Bertz CT molecular complexity index is 398. The molecule has 0 aromatic heterocycles. The Balaban J connectivity index is 2.72. The molecule has 0 aliphatic heterocycles. The molecule has 0 spiro atoms. The van der Waals surface area contributed by atoms with Crippen LogP contribution in [0.25, 0.3) is 0 Å². The monoisotopic (exact) mass is 261 g/mol. The maximum absolute atomic E-state index is 13.0. The Labute approximate surface area is 103 Å². The Morgan fingerprint density at radius 1 is 1.29 bits per heavy atom. The third-order valence-corrected chi connectivity index (χ3v) is 3.98. The van der Waals surface area contributed by atoms with Gasteiger partial charge in [0.15, 0.2) is 11.6 Å². The van der Waals surface area contributed by atoms with Gasteiger partial charge in [-0.2, -0.15) is 0 Å². The highest BCUT2D eigenvalue weighted by molar-refractivity contribution is 7.85. The van der Waals surface area contributed by atoms with Crippen molar-refractivity contribution >= 4 is 10.8 Å². The van der Waals surface area contributed by atoms with E-state index in [1.807, 2.05) is 13.8 Å². The van der Waals surface area contributed by atoms with Crippen LogP contribution in [0.15, 0.2) is 23.1 Å². The molecule has 0 aliphatic carbocycles. The predicted octanol–water partition coefficient (Wildman–Crippen LogP) is 2.46. The molecule has 0 saturated carbocycles. The third kappa shape index (κ3) is 4.16. The van der Waals surface area contributed by atoms with Crippen molar-refractivity contribution in [2.45, 2.75) is 31.2 Å². The van der Waals surface area contributed by atoms with Crippen LogP contribution in [0.4, 0.5) is 8.78 Å². The first-order valence-electron chi connectivity index (χ1n) is 5.65. The molecule has 2 nitrogen and oxygen atoms in total. The number of nitrogens with one attached hydrogen (secondary N) is 1. The van der Waals surface area contributed by atoms with E-state index in [1.54, 1.807) is 0 Å². The third-order valence-electron chi connectivity index (χ3n) is 2.49. The molecule has 1 N–H and O–H groups in total. The molecular weight excluding hydrogens is 244 g/mol. The minimum atomic E-state index is -1.30. The van der Waals surface area contributed by atoms with Crippen molar-refractivity contribution in [2.75, 3.05) is 12.3 Å². The van der Waals surface area contributed by atoms with Gasteiger partial charge in [-0.25, -0.2) is 8.78 Å². The summed E-state index contributed by atoms with van der Waals surface area (Å²) in [6.07, 6.45) is 0.850. The molecule has 0 radical (unpaired) electrons. The summed E-state index contributed by atoms with van der Waals surface area (Å²) in [7, 11) is -1.30. The summed E-state index contributed by atoms with van der Waals surface area (Å²) in [5, 5.41) is 3.20. The largest absolute Gasteiger partial charge is 0.313 e. The molecule has 0 amide bonds. The Hall–Kier alpha value is -0.810. The van der Waals surface area contributed by atoms with Crippen LogP contribution in [0.5, 0.6) is 0 Å². The lowest BCUT2D eigenvalue weighted by Gasteiger charge is -2.15. The van der Waals surface area contributed by atoms with Crippen molar-refractivity contribution in [3.05, 3.63) is 29.8 Å². The van der Waals surface area contributed by atoms with Gasteiger partial charge >= 0.3 is 0 Å². The summed E-state index contributed by atoms with van der Waals surface area (Å²) in [4.78, 5) is 0.334. The molecule has 0 heterocycles. The lowest BCUT2D eigenvalue weighted by Crippen LogP contribution is -2.33. The first-order chi connectivity index (χ1) is 8.08. The van der Waals surface area contributed by atoms with Gasteiger partial charge in [0.25, 0.3) is 0 Å². The van der Waals surface area contributed by atoms with Gasteiger partial charge in [0.1, 0.15) is 0 Å². The Kier molecular flexibility index (Phi) is 5.71. The topological polar surface area (TPSA) is 29.1 Å². The summed E-state index contributed by atoms with van der Waals surface area (Å²) >= 11 is 0. The fourth-order valence-corrected chi connectivity index (χ4v) is 2.87. The molecule has 2 unspecified atom stereocenters. The van der Waals surface area contributed by atoms with Gasteiger partial charge in [-0.3, -0.25) is 4.21 Å². The average Bonchev–Trinajstić information content (AvgIpc) is 2.31. The number of halogens is 2. The number of benzene rings is 1. The first kappa shape index (κ1) is 14.3. The highest BCUT2D eigenvalue weighted by Gasteiger charge is 2.13. The standard InChI is InChI=1S/C12H17F2NOS/c1-3-9(15-4-2)8-17(16)10-5-6-11(13)12(14)7-10/h5-7,9,15H,3-4,8H2,1-2H3. The van der Waals surface area contributed by atoms with Crippen molar-refractivity contribution in [3.8, 4) is 0 Å². The van der Waals surface area contributed by atoms with Crippen LogP contribution in [0.1, 0.15) is 20.3 Å². The van der Waals surface area contributed by atoms with Crippen LogP contribution in [0.3, 0.4) is 0 Å². The van der Waals surface area contributed by atoms with E-state index < -0.39 is 22.4 Å². The van der Waals surface area contributed by atoms with Crippen LogP contribution in [0, 0.1) is 11.6 Å². The van der Waals surface area contributed by atoms with Crippen molar-refractivity contribution < 1.29 is 13.0 Å². The second kappa shape index (κ2) is 6.81. The molecule has 1 rings (SSSR count). The maximum Gasteiger partial charge on any atom is 0.160 e. The van der Waals surface area contributed by atoms with Crippen molar-refractivity contribution in [1.82, 2.24) is 5.32 Å². The number of rotatable bonds is 6. The summed E-state index contributed by atoms with van der Waals surface area (Å²) in [6, 6.07) is 3.52. The van der Waals surface area contributed by atoms with Crippen LogP contribution in [-0.4, -0.2) is 22.5 Å². The van der Waals surface area contributed by atoms with Crippen LogP contribution < -0.4 is 5.32 Å². The minimum absolute atomic E-state index is 0.133. The van der Waals surface area contributed by atoms with Gasteiger partial charge in [-0.05, 0) is 31.2 Å². The molecule has 2 atom stereocenters. The zero-order valence-electron chi connectivity index (χ0n) is 10.0. The molecule has 5 heteroatoms. The van der Waals surface area contributed by atoms with Crippen molar-refractivity contribution in [2.24, 2.45) is 0 Å². The molecule has 17 heavy (non-hydrogen) atoms. The van der Waals surface area contributed by atoms with Crippen molar-refractivity contribution in [3.63, 3.8) is 0 Å². The lowest BCUT2D eigenvalue weighted by atomic mass is 10.2. The smallest absolute Gasteiger partial charge is 0.160 e. The van der Waals surface area contributed by atoms with Crippen LogP contribution in [0.2, 0.25) is 0 Å². The summed E-state index contributed by atoms with van der Waals surface area (Å²) < 4.78 is 37.6. The van der Waals surface area contributed by atoms with Gasteiger partial charge in [0, 0.05) is 16.7 Å². The van der Waals surface area contributed by atoms with E-state index in [4.69, 9.17) is 0 Å². The predicted molar refractivity (Wildman–Crippen MR) is 65.4 cm³/mol. The van der Waals surface area contributed by atoms with Crippen LogP contribution >= 0.6 is 0 Å². The highest BCUT2D eigenvalue weighted by Crippen LogP contribution is 2.13. The molecular formula is C12H17F2NOS. The Morgan fingerprint density at radius 3 is 2.53 bits per heavy atom. The summed E-state index contributed by atoms with van der Waals surface area (Å²) in [5.74, 6) is -1.45. The quantitative estimate of drug-likeness (QED) is 0.852. The second-order valence-corrected chi connectivity index (χ2v) is 5.25.